The van der Waals surface area contributed by atoms with Crippen LogP contribution in [-0.4, -0.2) is 43.0 Å². The Hall–Kier alpha value is -0.610. The van der Waals surface area contributed by atoms with Crippen LogP contribution in [0.15, 0.2) is 0 Å². The Balaban J connectivity index is 1.42. The fourth-order valence-corrected chi connectivity index (χ4v) is 5.07. The molecule has 4 rings (SSSR count). The standard InChI is InChI=1S/C15H25N3O/c16-6-10-5-11-7-18(8-12(10)11)14(19)13-15(9-17-13)3-1-2-4-15/h10-13,17H,1-9,16H2/t10-,11-,12-,13?/m0/s1. The van der Waals surface area contributed by atoms with Gasteiger partial charge < -0.3 is 16.0 Å². The molecule has 0 aromatic carbocycles. The molecule has 2 saturated heterocycles. The Kier molecular flexibility index (Phi) is 2.68. The monoisotopic (exact) mass is 263 g/mol. The van der Waals surface area contributed by atoms with Crippen molar-refractivity contribution < 1.29 is 4.79 Å². The molecule has 1 amide bonds. The highest BCUT2D eigenvalue weighted by Gasteiger charge is 2.55. The largest absolute Gasteiger partial charge is 0.341 e. The minimum Gasteiger partial charge on any atom is -0.341 e. The van der Waals surface area contributed by atoms with Crippen molar-refractivity contribution in [3.8, 4) is 0 Å². The first-order chi connectivity index (χ1) is 9.23. The summed E-state index contributed by atoms with van der Waals surface area (Å²) in [5.41, 5.74) is 6.11. The predicted molar refractivity (Wildman–Crippen MR) is 73.4 cm³/mol. The molecule has 106 valence electrons. The fraction of sp³-hybridized carbons (Fsp3) is 0.933. The van der Waals surface area contributed by atoms with Crippen molar-refractivity contribution >= 4 is 5.91 Å². The lowest BCUT2D eigenvalue weighted by Gasteiger charge is -2.48. The lowest BCUT2D eigenvalue weighted by molar-refractivity contribution is -0.140. The second-order valence-corrected chi connectivity index (χ2v) is 7.28. The van der Waals surface area contributed by atoms with Crippen LogP contribution in [0.4, 0.5) is 0 Å². The number of amides is 1. The molecular formula is C15H25N3O. The molecule has 0 aromatic heterocycles. The Labute approximate surface area is 115 Å². The van der Waals surface area contributed by atoms with E-state index in [1.54, 1.807) is 0 Å². The molecule has 19 heavy (non-hydrogen) atoms. The maximum Gasteiger partial charge on any atom is 0.240 e. The van der Waals surface area contributed by atoms with Crippen LogP contribution in [0.5, 0.6) is 0 Å². The zero-order valence-electron chi connectivity index (χ0n) is 11.6. The molecule has 2 aliphatic heterocycles. The highest BCUT2D eigenvalue weighted by Crippen LogP contribution is 2.48. The van der Waals surface area contributed by atoms with Gasteiger partial charge in [0.2, 0.25) is 5.91 Å². The molecule has 1 spiro atoms. The molecule has 0 bridgehead atoms. The van der Waals surface area contributed by atoms with Gasteiger partial charge in [0.05, 0.1) is 6.04 Å². The number of rotatable bonds is 2. The van der Waals surface area contributed by atoms with Crippen LogP contribution in [0.2, 0.25) is 0 Å². The highest BCUT2D eigenvalue weighted by atomic mass is 16.2. The quantitative estimate of drug-likeness (QED) is 0.766. The van der Waals surface area contributed by atoms with Crippen molar-refractivity contribution in [1.29, 1.82) is 0 Å². The lowest BCUT2D eigenvalue weighted by atomic mass is 9.67. The number of nitrogens with zero attached hydrogens (tertiary/aromatic N) is 1. The minimum atomic E-state index is 0.129. The summed E-state index contributed by atoms with van der Waals surface area (Å²) < 4.78 is 0. The maximum atomic E-state index is 12.7. The van der Waals surface area contributed by atoms with Gasteiger partial charge in [-0.05, 0) is 43.6 Å². The Morgan fingerprint density at radius 1 is 1.32 bits per heavy atom. The van der Waals surface area contributed by atoms with Crippen molar-refractivity contribution in [1.82, 2.24) is 10.2 Å². The van der Waals surface area contributed by atoms with Crippen LogP contribution < -0.4 is 11.1 Å². The molecule has 4 nitrogen and oxygen atoms in total. The minimum absolute atomic E-state index is 0.129. The Morgan fingerprint density at radius 3 is 2.74 bits per heavy atom. The summed E-state index contributed by atoms with van der Waals surface area (Å²) in [5, 5.41) is 3.41. The third-order valence-electron chi connectivity index (χ3n) is 6.43. The average molecular weight is 263 g/mol. The molecule has 4 atom stereocenters. The van der Waals surface area contributed by atoms with Crippen molar-refractivity contribution in [3.63, 3.8) is 0 Å². The molecule has 2 heterocycles. The fourth-order valence-electron chi connectivity index (χ4n) is 5.07. The SMILES string of the molecule is NC[C@@H]1C[C@H]2CN(C(=O)C3NCC34CCCC4)C[C@@H]12. The molecule has 2 saturated carbocycles. The van der Waals surface area contributed by atoms with Crippen LogP contribution in [0.3, 0.4) is 0 Å². The second kappa shape index (κ2) is 4.19. The van der Waals surface area contributed by atoms with Crippen molar-refractivity contribution in [3.05, 3.63) is 0 Å². The normalized spacial score (nSPS) is 42.9. The van der Waals surface area contributed by atoms with E-state index in [0.717, 1.165) is 32.1 Å². The maximum absolute atomic E-state index is 12.7. The van der Waals surface area contributed by atoms with Gasteiger partial charge in [-0.25, -0.2) is 0 Å². The molecule has 1 unspecified atom stereocenters. The molecular weight excluding hydrogens is 238 g/mol. The van der Waals surface area contributed by atoms with E-state index in [4.69, 9.17) is 5.73 Å². The van der Waals surface area contributed by atoms with Crippen LogP contribution in [0.25, 0.3) is 0 Å². The summed E-state index contributed by atoms with van der Waals surface area (Å²) in [6.07, 6.45) is 6.37. The first kappa shape index (κ1) is 12.2. The summed E-state index contributed by atoms with van der Waals surface area (Å²) in [4.78, 5) is 14.9. The third kappa shape index (κ3) is 1.62. The van der Waals surface area contributed by atoms with Crippen LogP contribution >= 0.6 is 0 Å². The zero-order chi connectivity index (χ0) is 13.0. The first-order valence-corrected chi connectivity index (χ1v) is 7.96. The summed E-state index contributed by atoms with van der Waals surface area (Å²) in [7, 11) is 0. The summed E-state index contributed by atoms with van der Waals surface area (Å²) in [6.45, 7) is 3.83. The van der Waals surface area contributed by atoms with Crippen molar-refractivity contribution in [2.24, 2.45) is 28.9 Å². The van der Waals surface area contributed by atoms with Crippen LogP contribution in [0.1, 0.15) is 32.1 Å². The number of carbonyl (C=O) groups is 1. The van der Waals surface area contributed by atoms with Gasteiger partial charge in [-0.2, -0.15) is 0 Å². The van der Waals surface area contributed by atoms with E-state index >= 15 is 0 Å². The molecule has 4 fully saturated rings. The predicted octanol–water partition coefficient (Wildman–Crippen LogP) is 0.572. The van der Waals surface area contributed by atoms with E-state index in [2.05, 4.69) is 10.2 Å². The molecule has 3 N–H and O–H groups in total. The van der Waals surface area contributed by atoms with Gasteiger partial charge in [-0.3, -0.25) is 4.79 Å². The smallest absolute Gasteiger partial charge is 0.240 e. The topological polar surface area (TPSA) is 58.4 Å². The van der Waals surface area contributed by atoms with Gasteiger partial charge in [0.1, 0.15) is 0 Å². The molecule has 4 aliphatic rings. The number of nitrogens with one attached hydrogen (secondary N) is 1. The number of likely N-dealkylation sites (tertiary alicyclic amines) is 1. The van der Waals surface area contributed by atoms with Gasteiger partial charge in [-0.1, -0.05) is 12.8 Å². The Morgan fingerprint density at radius 2 is 2.11 bits per heavy atom. The zero-order valence-corrected chi connectivity index (χ0v) is 11.6. The van der Waals surface area contributed by atoms with E-state index in [9.17, 15) is 4.79 Å². The number of fused-ring (bicyclic) bond motifs is 1. The van der Waals surface area contributed by atoms with Crippen LogP contribution in [-0.2, 0) is 4.79 Å². The summed E-state index contributed by atoms with van der Waals surface area (Å²) in [6, 6.07) is 0.129. The number of nitrogens with two attached hydrogens (primary N) is 1. The van der Waals surface area contributed by atoms with Crippen LogP contribution in [0, 0.1) is 23.2 Å². The van der Waals surface area contributed by atoms with Gasteiger partial charge in [0, 0.05) is 25.0 Å². The van der Waals surface area contributed by atoms with Crippen molar-refractivity contribution in [2.45, 2.75) is 38.1 Å². The number of hydrogen-bond acceptors (Lipinski definition) is 3. The van der Waals surface area contributed by atoms with Gasteiger partial charge in [-0.15, -0.1) is 0 Å². The third-order valence-corrected chi connectivity index (χ3v) is 6.43. The van der Waals surface area contributed by atoms with E-state index in [1.165, 1.54) is 32.1 Å². The van der Waals surface area contributed by atoms with Gasteiger partial charge in [0.15, 0.2) is 0 Å². The Bertz CT molecular complexity index is 391. The van der Waals surface area contributed by atoms with Gasteiger partial charge >= 0.3 is 0 Å². The lowest BCUT2D eigenvalue weighted by Crippen LogP contribution is -2.67. The molecule has 0 radical (unpaired) electrons. The first-order valence-electron chi connectivity index (χ1n) is 7.96. The summed E-state index contributed by atoms with van der Waals surface area (Å²) in [5.74, 6) is 2.52. The van der Waals surface area contributed by atoms with E-state index in [1.807, 2.05) is 0 Å². The van der Waals surface area contributed by atoms with E-state index < -0.39 is 0 Å². The highest BCUT2D eigenvalue weighted by molar-refractivity contribution is 5.84. The molecule has 4 heteroatoms. The number of hydrogen-bond donors (Lipinski definition) is 2. The number of carbonyl (C=O) groups excluding carboxylic acids is 1. The summed E-state index contributed by atoms with van der Waals surface area (Å²) >= 11 is 0. The van der Waals surface area contributed by atoms with Gasteiger partial charge in [0.25, 0.3) is 0 Å². The molecule has 2 aliphatic carbocycles. The van der Waals surface area contributed by atoms with E-state index in [0.29, 0.717) is 23.2 Å². The van der Waals surface area contributed by atoms with Crippen molar-refractivity contribution in [2.75, 3.05) is 26.2 Å². The molecule has 0 aromatic rings. The van der Waals surface area contributed by atoms with E-state index in [-0.39, 0.29) is 6.04 Å². The average Bonchev–Trinajstić information content (AvgIpc) is 2.96. The second-order valence-electron chi connectivity index (χ2n) is 7.28.